The first kappa shape index (κ1) is 30.4. The SMILES string of the molecule is CC(=O)O[C@@](C)(C(=O)/C=C/C(C)(C)O)[C@H]1[C@H](O)C[C@@]2(C)[C@@H]3CC=C4[C@H](C=C(O)C(=O)C4(C)C)[C@]3(C)C(=O)C[C@]12C. The fourth-order valence-corrected chi connectivity index (χ4v) is 8.96. The summed E-state index contributed by atoms with van der Waals surface area (Å²) in [4.78, 5) is 53.3. The number of hydrogen-bond acceptors (Lipinski definition) is 8. The highest BCUT2D eigenvalue weighted by atomic mass is 16.6. The summed E-state index contributed by atoms with van der Waals surface area (Å²) in [6.45, 7) is 15.1. The Kier molecular flexibility index (Phi) is 6.80. The van der Waals surface area contributed by atoms with Crippen molar-refractivity contribution in [1.82, 2.24) is 0 Å². The predicted octanol–water partition coefficient (Wildman–Crippen LogP) is 4.19. The van der Waals surface area contributed by atoms with Crippen molar-refractivity contribution in [3.8, 4) is 0 Å². The third kappa shape index (κ3) is 4.00. The monoisotopic (exact) mass is 556 g/mol. The molecule has 4 aliphatic rings. The van der Waals surface area contributed by atoms with Gasteiger partial charge in [-0.25, -0.2) is 0 Å². The minimum atomic E-state index is -1.79. The van der Waals surface area contributed by atoms with E-state index in [2.05, 4.69) is 0 Å². The molecule has 0 unspecified atom stereocenters. The molecule has 3 N–H and O–H groups in total. The zero-order valence-corrected chi connectivity index (χ0v) is 25.1. The molecule has 4 rings (SSSR count). The van der Waals surface area contributed by atoms with Gasteiger partial charge in [0.1, 0.15) is 5.78 Å². The molecule has 2 fully saturated rings. The maximum Gasteiger partial charge on any atom is 0.303 e. The number of Topliss-reactive ketones (excluding diaryl/α,β-unsaturated/α-hetero) is 2. The molecule has 2 saturated carbocycles. The molecule has 0 spiro atoms. The first-order chi connectivity index (χ1) is 18.1. The number of fused-ring (bicyclic) bond motifs is 5. The van der Waals surface area contributed by atoms with Crippen molar-refractivity contribution in [3.05, 3.63) is 35.6 Å². The van der Waals surface area contributed by atoms with Gasteiger partial charge >= 0.3 is 5.97 Å². The number of rotatable bonds is 5. The quantitative estimate of drug-likeness (QED) is 0.260. The van der Waals surface area contributed by atoms with Crippen LogP contribution in [0.4, 0.5) is 0 Å². The topological polar surface area (TPSA) is 138 Å². The van der Waals surface area contributed by atoms with Crippen LogP contribution in [0.1, 0.15) is 81.6 Å². The van der Waals surface area contributed by atoms with Crippen LogP contribution in [-0.4, -0.2) is 55.9 Å². The largest absolute Gasteiger partial charge is 0.505 e. The van der Waals surface area contributed by atoms with E-state index in [4.69, 9.17) is 4.74 Å². The lowest BCUT2D eigenvalue weighted by molar-refractivity contribution is -0.191. The van der Waals surface area contributed by atoms with Crippen LogP contribution in [0.25, 0.3) is 0 Å². The fraction of sp³-hybridized carbons (Fsp3) is 0.688. The van der Waals surface area contributed by atoms with E-state index in [1.165, 1.54) is 45.9 Å². The first-order valence-corrected chi connectivity index (χ1v) is 14.1. The van der Waals surface area contributed by atoms with E-state index < -0.39 is 62.6 Å². The highest BCUT2D eigenvalue weighted by Crippen LogP contribution is 2.74. The van der Waals surface area contributed by atoms with Gasteiger partial charge in [-0.3, -0.25) is 19.2 Å². The normalized spacial score (nSPS) is 40.4. The second-order valence-electron chi connectivity index (χ2n) is 14.5. The molecule has 0 radical (unpaired) electrons. The predicted molar refractivity (Wildman–Crippen MR) is 148 cm³/mol. The molecule has 8 heteroatoms. The number of aliphatic hydroxyl groups is 3. The first-order valence-electron chi connectivity index (χ1n) is 14.1. The maximum atomic E-state index is 14.4. The summed E-state index contributed by atoms with van der Waals surface area (Å²) in [5.41, 5.74) is -5.78. The molecule has 0 aromatic rings. The summed E-state index contributed by atoms with van der Waals surface area (Å²) in [7, 11) is 0. The minimum Gasteiger partial charge on any atom is -0.505 e. The Bertz CT molecular complexity index is 1260. The van der Waals surface area contributed by atoms with Crippen molar-refractivity contribution in [2.45, 2.75) is 98.9 Å². The molecule has 8 nitrogen and oxygen atoms in total. The van der Waals surface area contributed by atoms with E-state index in [0.29, 0.717) is 6.42 Å². The van der Waals surface area contributed by atoms with Crippen LogP contribution in [0.15, 0.2) is 35.6 Å². The molecular formula is C32H44O8. The molecule has 8 atom stereocenters. The van der Waals surface area contributed by atoms with Crippen molar-refractivity contribution in [1.29, 1.82) is 0 Å². The zero-order valence-electron chi connectivity index (χ0n) is 25.1. The van der Waals surface area contributed by atoms with E-state index in [1.807, 2.05) is 26.8 Å². The number of ketones is 3. The molecule has 0 amide bonds. The maximum absolute atomic E-state index is 14.4. The van der Waals surface area contributed by atoms with E-state index >= 15 is 0 Å². The van der Waals surface area contributed by atoms with Crippen LogP contribution < -0.4 is 0 Å². The van der Waals surface area contributed by atoms with Gasteiger partial charge in [0.15, 0.2) is 17.1 Å². The van der Waals surface area contributed by atoms with Crippen molar-refractivity contribution >= 4 is 23.3 Å². The molecule has 0 bridgehead atoms. The Labute approximate surface area is 236 Å². The van der Waals surface area contributed by atoms with E-state index in [1.54, 1.807) is 13.8 Å². The lowest BCUT2D eigenvalue weighted by atomic mass is 9.39. The standard InChI is InChI=1S/C32H44O8/c1-17(33)40-32(9,23(36)12-13-27(2,3)39)25-21(35)15-29(6)22-11-10-18-19(14-20(34)26(38)28(18,4)5)31(22,8)24(37)16-30(25,29)7/h10,12-14,19,21-22,25,34-35,39H,11,15-16H2,1-9H3/b13-12+/t19-,21+,22-,25-,29-,30+,31-,32-/m0/s1. The second kappa shape index (κ2) is 8.96. The summed E-state index contributed by atoms with van der Waals surface area (Å²) in [6.07, 6.45) is 5.76. The Morgan fingerprint density at radius 3 is 2.23 bits per heavy atom. The number of carbonyl (C=O) groups excluding carboxylic acids is 4. The average molecular weight is 557 g/mol. The number of aliphatic hydroxyl groups excluding tert-OH is 2. The van der Waals surface area contributed by atoms with Crippen LogP contribution in [0.2, 0.25) is 0 Å². The van der Waals surface area contributed by atoms with Gasteiger partial charge in [-0.1, -0.05) is 38.5 Å². The van der Waals surface area contributed by atoms with Gasteiger partial charge in [-0.05, 0) is 76.4 Å². The number of hydrogen-bond donors (Lipinski definition) is 3. The van der Waals surface area contributed by atoms with E-state index in [-0.39, 0.29) is 36.1 Å². The van der Waals surface area contributed by atoms with E-state index in [9.17, 15) is 34.5 Å². The molecule has 40 heavy (non-hydrogen) atoms. The summed E-state index contributed by atoms with van der Waals surface area (Å²) in [6, 6.07) is 0. The van der Waals surface area contributed by atoms with Gasteiger partial charge in [-0.2, -0.15) is 0 Å². The Balaban J connectivity index is 1.87. The molecule has 220 valence electrons. The summed E-state index contributed by atoms with van der Waals surface area (Å²) < 4.78 is 5.73. The van der Waals surface area contributed by atoms with Crippen molar-refractivity contribution in [2.75, 3.05) is 0 Å². The smallest absolute Gasteiger partial charge is 0.303 e. The molecular weight excluding hydrogens is 512 g/mol. The van der Waals surface area contributed by atoms with Crippen LogP contribution in [-0.2, 0) is 23.9 Å². The van der Waals surface area contributed by atoms with Crippen LogP contribution in [0.5, 0.6) is 0 Å². The highest BCUT2D eigenvalue weighted by Gasteiger charge is 2.75. The number of carbonyl (C=O) groups is 4. The minimum absolute atomic E-state index is 0.0182. The van der Waals surface area contributed by atoms with Crippen LogP contribution in [0, 0.1) is 39.4 Å². The average Bonchev–Trinajstić information content (AvgIpc) is 3.00. The second-order valence-corrected chi connectivity index (χ2v) is 14.5. The Morgan fingerprint density at radius 1 is 1.07 bits per heavy atom. The zero-order chi connectivity index (χ0) is 30.4. The summed E-state index contributed by atoms with van der Waals surface area (Å²) in [5.74, 6) is -3.73. The fourth-order valence-electron chi connectivity index (χ4n) is 8.96. The lowest BCUT2D eigenvalue weighted by Crippen LogP contribution is -2.64. The van der Waals surface area contributed by atoms with Crippen LogP contribution >= 0.6 is 0 Å². The van der Waals surface area contributed by atoms with E-state index in [0.717, 1.165) is 5.57 Å². The molecule has 0 heterocycles. The molecule has 0 aliphatic heterocycles. The lowest BCUT2D eigenvalue weighted by Gasteiger charge is -2.63. The van der Waals surface area contributed by atoms with Gasteiger partial charge in [0.25, 0.3) is 0 Å². The summed E-state index contributed by atoms with van der Waals surface area (Å²) in [5, 5.41) is 32.5. The molecule has 4 aliphatic carbocycles. The Hall–Kier alpha value is -2.58. The third-order valence-corrected chi connectivity index (χ3v) is 11.1. The van der Waals surface area contributed by atoms with Gasteiger partial charge < -0.3 is 20.1 Å². The molecule has 0 aromatic carbocycles. The number of allylic oxidation sites excluding steroid dienone is 4. The van der Waals surface area contributed by atoms with Crippen molar-refractivity contribution < 1.29 is 39.2 Å². The Morgan fingerprint density at radius 2 is 1.68 bits per heavy atom. The summed E-state index contributed by atoms with van der Waals surface area (Å²) >= 11 is 0. The van der Waals surface area contributed by atoms with Gasteiger partial charge in [0, 0.05) is 30.6 Å². The molecule has 0 aromatic heterocycles. The van der Waals surface area contributed by atoms with Crippen LogP contribution in [0.3, 0.4) is 0 Å². The van der Waals surface area contributed by atoms with Gasteiger partial charge in [0.05, 0.1) is 17.1 Å². The highest BCUT2D eigenvalue weighted by molar-refractivity contribution is 6.02. The van der Waals surface area contributed by atoms with Gasteiger partial charge in [-0.15, -0.1) is 0 Å². The van der Waals surface area contributed by atoms with Crippen molar-refractivity contribution in [3.63, 3.8) is 0 Å². The molecule has 0 saturated heterocycles. The number of ether oxygens (including phenoxy) is 1. The van der Waals surface area contributed by atoms with Crippen molar-refractivity contribution in [2.24, 2.45) is 39.4 Å². The third-order valence-electron chi connectivity index (χ3n) is 11.1. The van der Waals surface area contributed by atoms with Gasteiger partial charge in [0.2, 0.25) is 5.78 Å². The number of esters is 1.